The molecule has 0 aromatic heterocycles. The molecule has 0 saturated carbocycles. The fourth-order valence-electron chi connectivity index (χ4n) is 2.67. The zero-order valence-corrected chi connectivity index (χ0v) is 12.9. The highest BCUT2D eigenvalue weighted by Crippen LogP contribution is 2.22. The first-order valence-electron chi connectivity index (χ1n) is 7.46. The lowest BCUT2D eigenvalue weighted by atomic mass is 9.98. The van der Waals surface area contributed by atoms with Crippen molar-refractivity contribution in [3.63, 3.8) is 0 Å². The number of carbonyl (C=O) groups excluding carboxylic acids is 1. The number of anilines is 2. The van der Waals surface area contributed by atoms with E-state index in [-0.39, 0.29) is 5.91 Å². The fourth-order valence-corrected chi connectivity index (χ4v) is 2.67. The Morgan fingerprint density at radius 1 is 1.43 bits per heavy atom. The molecule has 5 nitrogen and oxygen atoms in total. The lowest BCUT2D eigenvalue weighted by molar-refractivity contribution is -0.117. The average molecular weight is 291 g/mol. The number of amides is 1. The van der Waals surface area contributed by atoms with Gasteiger partial charge in [0.25, 0.3) is 0 Å². The van der Waals surface area contributed by atoms with Crippen LogP contribution in [0.15, 0.2) is 18.2 Å². The van der Waals surface area contributed by atoms with Crippen LogP contribution in [0.1, 0.15) is 31.7 Å². The van der Waals surface area contributed by atoms with Gasteiger partial charge in [0, 0.05) is 6.54 Å². The Hall–Kier alpha value is -1.59. The van der Waals surface area contributed by atoms with Crippen molar-refractivity contribution < 1.29 is 9.90 Å². The summed E-state index contributed by atoms with van der Waals surface area (Å²) in [6, 6.07) is 5.60. The van der Waals surface area contributed by atoms with Crippen LogP contribution in [0, 0.1) is 6.92 Å². The minimum absolute atomic E-state index is 0.0629. The first-order chi connectivity index (χ1) is 9.85. The predicted octanol–water partition coefficient (Wildman–Crippen LogP) is 1.75. The third-order valence-corrected chi connectivity index (χ3v) is 4.00. The molecular weight excluding hydrogens is 266 g/mol. The minimum Gasteiger partial charge on any atom is -0.397 e. The van der Waals surface area contributed by atoms with E-state index in [0.29, 0.717) is 24.3 Å². The van der Waals surface area contributed by atoms with E-state index < -0.39 is 5.60 Å². The van der Waals surface area contributed by atoms with Crippen molar-refractivity contribution in [1.29, 1.82) is 0 Å². The average Bonchev–Trinajstić information content (AvgIpc) is 2.54. The maximum Gasteiger partial charge on any atom is 0.238 e. The first kappa shape index (κ1) is 15.8. The van der Waals surface area contributed by atoms with Gasteiger partial charge < -0.3 is 16.2 Å². The molecule has 0 bridgehead atoms. The number of hydrogen-bond acceptors (Lipinski definition) is 4. The maximum absolute atomic E-state index is 12.1. The molecule has 0 aliphatic carbocycles. The van der Waals surface area contributed by atoms with Gasteiger partial charge in [0.15, 0.2) is 0 Å². The molecule has 1 heterocycles. The molecule has 4 N–H and O–H groups in total. The highest BCUT2D eigenvalue weighted by atomic mass is 16.3. The van der Waals surface area contributed by atoms with Crippen molar-refractivity contribution in [2.45, 2.75) is 38.7 Å². The number of hydrogen-bond donors (Lipinski definition) is 3. The molecule has 21 heavy (non-hydrogen) atoms. The maximum atomic E-state index is 12.1. The van der Waals surface area contributed by atoms with Crippen LogP contribution in [-0.2, 0) is 4.79 Å². The molecule has 116 valence electrons. The number of nitrogens with zero attached hydrogens (tertiary/aromatic N) is 1. The number of nitrogen functional groups attached to an aromatic ring is 1. The van der Waals surface area contributed by atoms with Gasteiger partial charge in [-0.05, 0) is 57.4 Å². The molecule has 1 aromatic rings. The Morgan fingerprint density at radius 2 is 2.19 bits per heavy atom. The van der Waals surface area contributed by atoms with Crippen LogP contribution in [0.5, 0.6) is 0 Å². The monoisotopic (exact) mass is 291 g/mol. The van der Waals surface area contributed by atoms with Gasteiger partial charge in [-0.25, -0.2) is 0 Å². The Balaban J connectivity index is 1.89. The highest BCUT2D eigenvalue weighted by molar-refractivity contribution is 5.95. The number of benzene rings is 1. The van der Waals surface area contributed by atoms with E-state index in [9.17, 15) is 9.90 Å². The molecule has 1 aliphatic rings. The fraction of sp³-hybridized carbons (Fsp3) is 0.562. The molecule has 1 fully saturated rings. The first-order valence-corrected chi connectivity index (χ1v) is 7.46. The molecule has 2 rings (SSSR count). The molecule has 1 saturated heterocycles. The predicted molar refractivity (Wildman–Crippen MR) is 85.1 cm³/mol. The van der Waals surface area contributed by atoms with Crippen molar-refractivity contribution in [2.75, 3.05) is 30.7 Å². The molecular formula is C16H25N3O2. The van der Waals surface area contributed by atoms with Gasteiger partial charge in [0.2, 0.25) is 5.91 Å². The standard InChI is InChI=1S/C16H25N3O2/c1-12-4-5-14(13(17)10-12)18-15(20)11-19-8-3-6-16(2,21)7-9-19/h4-5,10,21H,3,6-9,11,17H2,1-2H3,(H,18,20). The van der Waals surface area contributed by atoms with Crippen LogP contribution < -0.4 is 11.1 Å². The lowest BCUT2D eigenvalue weighted by Crippen LogP contribution is -2.35. The van der Waals surface area contributed by atoms with Crippen molar-refractivity contribution in [3.8, 4) is 0 Å². The SMILES string of the molecule is Cc1ccc(NC(=O)CN2CCCC(C)(O)CC2)c(N)c1. The van der Waals surface area contributed by atoms with Crippen LogP contribution in [0.2, 0.25) is 0 Å². The number of nitrogens with one attached hydrogen (secondary N) is 1. The van der Waals surface area contributed by atoms with Gasteiger partial charge in [-0.1, -0.05) is 6.07 Å². The van der Waals surface area contributed by atoms with Crippen LogP contribution in [-0.4, -0.2) is 41.1 Å². The molecule has 5 heteroatoms. The summed E-state index contributed by atoms with van der Waals surface area (Å²) < 4.78 is 0. The molecule has 1 aliphatic heterocycles. The van der Waals surface area contributed by atoms with Gasteiger partial charge in [-0.3, -0.25) is 9.69 Å². The number of carbonyl (C=O) groups is 1. The van der Waals surface area contributed by atoms with Crippen molar-refractivity contribution in [1.82, 2.24) is 4.90 Å². The summed E-state index contributed by atoms with van der Waals surface area (Å²) in [5.41, 5.74) is 7.61. The van der Waals surface area contributed by atoms with Crippen LogP contribution in [0.3, 0.4) is 0 Å². The lowest BCUT2D eigenvalue weighted by Gasteiger charge is -2.22. The quantitative estimate of drug-likeness (QED) is 0.741. The van der Waals surface area contributed by atoms with Gasteiger partial charge in [0.1, 0.15) is 0 Å². The topological polar surface area (TPSA) is 78.6 Å². The summed E-state index contributed by atoms with van der Waals surface area (Å²) in [7, 11) is 0. The second-order valence-corrected chi connectivity index (χ2v) is 6.27. The Labute approximate surface area is 126 Å². The minimum atomic E-state index is -0.605. The van der Waals surface area contributed by atoms with E-state index >= 15 is 0 Å². The van der Waals surface area contributed by atoms with Crippen LogP contribution in [0.25, 0.3) is 0 Å². The molecule has 1 aromatic carbocycles. The molecule has 1 amide bonds. The number of rotatable bonds is 3. The largest absolute Gasteiger partial charge is 0.397 e. The van der Waals surface area contributed by atoms with E-state index in [1.807, 2.05) is 32.0 Å². The molecule has 0 spiro atoms. The van der Waals surface area contributed by atoms with Gasteiger partial charge in [-0.15, -0.1) is 0 Å². The Morgan fingerprint density at radius 3 is 2.90 bits per heavy atom. The van der Waals surface area contributed by atoms with Gasteiger partial charge in [-0.2, -0.15) is 0 Å². The van der Waals surface area contributed by atoms with E-state index in [0.717, 1.165) is 31.5 Å². The second-order valence-electron chi connectivity index (χ2n) is 6.27. The van der Waals surface area contributed by atoms with Gasteiger partial charge >= 0.3 is 0 Å². The molecule has 1 unspecified atom stereocenters. The van der Waals surface area contributed by atoms with E-state index in [1.165, 1.54) is 0 Å². The summed E-state index contributed by atoms with van der Waals surface area (Å²) in [5.74, 6) is -0.0629. The summed E-state index contributed by atoms with van der Waals surface area (Å²) in [6.45, 7) is 5.74. The van der Waals surface area contributed by atoms with E-state index in [1.54, 1.807) is 0 Å². The molecule has 1 atom stereocenters. The second kappa shape index (κ2) is 6.45. The number of aryl methyl sites for hydroxylation is 1. The summed E-state index contributed by atoms with van der Waals surface area (Å²) in [5, 5.41) is 12.9. The van der Waals surface area contributed by atoms with Crippen molar-refractivity contribution in [3.05, 3.63) is 23.8 Å². The number of likely N-dealkylation sites (tertiary alicyclic amines) is 1. The zero-order chi connectivity index (χ0) is 15.5. The third-order valence-electron chi connectivity index (χ3n) is 4.00. The van der Waals surface area contributed by atoms with Gasteiger partial charge in [0.05, 0.1) is 23.5 Å². The van der Waals surface area contributed by atoms with Crippen LogP contribution in [0.4, 0.5) is 11.4 Å². The Kier molecular flexibility index (Phi) is 4.85. The molecule has 0 radical (unpaired) electrons. The number of aliphatic hydroxyl groups is 1. The highest BCUT2D eigenvalue weighted by Gasteiger charge is 2.25. The number of nitrogens with two attached hydrogens (primary N) is 1. The van der Waals surface area contributed by atoms with Crippen molar-refractivity contribution >= 4 is 17.3 Å². The third kappa shape index (κ3) is 4.72. The zero-order valence-electron chi connectivity index (χ0n) is 12.9. The van der Waals surface area contributed by atoms with E-state index in [4.69, 9.17) is 5.73 Å². The Bertz CT molecular complexity index is 514. The smallest absolute Gasteiger partial charge is 0.238 e. The normalized spacial score (nSPS) is 23.6. The summed E-state index contributed by atoms with van der Waals surface area (Å²) in [4.78, 5) is 14.2. The van der Waals surface area contributed by atoms with Crippen LogP contribution >= 0.6 is 0 Å². The summed E-state index contributed by atoms with van der Waals surface area (Å²) in [6.07, 6.45) is 2.40. The summed E-state index contributed by atoms with van der Waals surface area (Å²) >= 11 is 0. The van der Waals surface area contributed by atoms with Crippen molar-refractivity contribution in [2.24, 2.45) is 0 Å². The van der Waals surface area contributed by atoms with E-state index in [2.05, 4.69) is 10.2 Å².